The van der Waals surface area contributed by atoms with Crippen LogP contribution in [0.1, 0.15) is 24.4 Å². The topological polar surface area (TPSA) is 67.2 Å². The van der Waals surface area contributed by atoms with Gasteiger partial charge in [-0.15, -0.1) is 0 Å². The van der Waals surface area contributed by atoms with Gasteiger partial charge in [-0.3, -0.25) is 4.79 Å². The van der Waals surface area contributed by atoms with Gasteiger partial charge in [-0.05, 0) is 37.3 Å². The first-order valence-electron chi connectivity index (χ1n) is 7.86. The van der Waals surface area contributed by atoms with Gasteiger partial charge in [0.1, 0.15) is 18.5 Å². The molecule has 3 rings (SSSR count). The van der Waals surface area contributed by atoms with E-state index in [2.05, 4.69) is 10.3 Å². The normalized spacial score (nSPS) is 13.0. The van der Waals surface area contributed by atoms with Gasteiger partial charge in [0.2, 0.25) is 5.91 Å². The van der Waals surface area contributed by atoms with Crippen molar-refractivity contribution in [1.82, 2.24) is 9.55 Å². The number of aromatic nitrogens is 2. The number of aliphatic hydroxyl groups is 1. The second-order valence-electron chi connectivity index (χ2n) is 5.85. The van der Waals surface area contributed by atoms with E-state index in [1.807, 2.05) is 0 Å². The third-order valence-electron chi connectivity index (χ3n) is 3.83. The molecule has 0 spiro atoms. The minimum absolute atomic E-state index is 0.0489. The molecule has 5 nitrogen and oxygen atoms in total. The molecule has 1 unspecified atom stereocenters. The summed E-state index contributed by atoms with van der Waals surface area (Å²) in [5.74, 6) is -0.209. The van der Waals surface area contributed by atoms with Gasteiger partial charge in [0.05, 0.1) is 16.6 Å². The van der Waals surface area contributed by atoms with Crippen molar-refractivity contribution in [3.8, 4) is 0 Å². The lowest BCUT2D eigenvalue weighted by atomic mass is 10.2. The van der Waals surface area contributed by atoms with E-state index in [1.165, 1.54) is 19.1 Å². The van der Waals surface area contributed by atoms with E-state index in [0.717, 1.165) is 12.1 Å². The van der Waals surface area contributed by atoms with Crippen molar-refractivity contribution in [3.63, 3.8) is 0 Å². The summed E-state index contributed by atoms with van der Waals surface area (Å²) in [6.07, 6.45) is -5.38. The van der Waals surface area contributed by atoms with E-state index in [9.17, 15) is 23.1 Å². The van der Waals surface area contributed by atoms with Crippen LogP contribution in [0.4, 0.5) is 18.9 Å². The number of rotatable bonds is 4. The van der Waals surface area contributed by atoms with E-state index in [-0.39, 0.29) is 12.2 Å². The Hall–Kier alpha value is -2.87. The lowest BCUT2D eigenvalue weighted by Crippen LogP contribution is -2.21. The lowest BCUT2D eigenvalue weighted by Gasteiger charge is -2.12. The van der Waals surface area contributed by atoms with Crippen LogP contribution in [0, 0.1) is 0 Å². The van der Waals surface area contributed by atoms with Crippen molar-refractivity contribution in [2.75, 3.05) is 5.32 Å². The fourth-order valence-corrected chi connectivity index (χ4v) is 2.70. The van der Waals surface area contributed by atoms with Gasteiger partial charge in [0, 0.05) is 5.69 Å². The maximum absolute atomic E-state index is 12.8. The number of para-hydroxylation sites is 2. The maximum Gasteiger partial charge on any atom is 0.416 e. The Labute approximate surface area is 147 Å². The number of hydrogen-bond donors (Lipinski definition) is 2. The molecule has 1 aromatic heterocycles. The summed E-state index contributed by atoms with van der Waals surface area (Å²) in [7, 11) is 0. The van der Waals surface area contributed by atoms with Crippen LogP contribution in [0.2, 0.25) is 0 Å². The van der Waals surface area contributed by atoms with Gasteiger partial charge >= 0.3 is 6.18 Å². The average Bonchev–Trinajstić information content (AvgIpc) is 2.93. The molecule has 26 heavy (non-hydrogen) atoms. The number of imidazole rings is 1. The van der Waals surface area contributed by atoms with Crippen molar-refractivity contribution in [2.45, 2.75) is 25.7 Å². The molecule has 0 aliphatic rings. The van der Waals surface area contributed by atoms with Crippen LogP contribution in [0.15, 0.2) is 48.5 Å². The van der Waals surface area contributed by atoms with Crippen molar-refractivity contribution in [1.29, 1.82) is 0 Å². The molecule has 0 saturated carbocycles. The van der Waals surface area contributed by atoms with E-state index >= 15 is 0 Å². The summed E-state index contributed by atoms with van der Waals surface area (Å²) in [5, 5.41) is 12.3. The summed E-state index contributed by atoms with van der Waals surface area (Å²) in [4.78, 5) is 16.6. The fraction of sp³-hybridized carbons (Fsp3) is 0.222. The Morgan fingerprint density at radius 1 is 1.23 bits per heavy atom. The van der Waals surface area contributed by atoms with E-state index in [4.69, 9.17) is 0 Å². The van der Waals surface area contributed by atoms with Gasteiger partial charge in [-0.25, -0.2) is 4.98 Å². The summed E-state index contributed by atoms with van der Waals surface area (Å²) >= 11 is 0. The number of halogens is 3. The molecule has 3 aromatic rings. The summed E-state index contributed by atoms with van der Waals surface area (Å²) in [6.45, 7) is 1.35. The summed E-state index contributed by atoms with van der Waals surface area (Å²) < 4.78 is 39.9. The number of benzene rings is 2. The number of aliphatic hydroxyl groups excluding tert-OH is 1. The van der Waals surface area contributed by atoms with Gasteiger partial charge in [-0.2, -0.15) is 13.2 Å². The Morgan fingerprint density at radius 2 is 1.96 bits per heavy atom. The zero-order valence-electron chi connectivity index (χ0n) is 13.8. The van der Waals surface area contributed by atoms with Crippen LogP contribution < -0.4 is 5.32 Å². The molecule has 8 heteroatoms. The monoisotopic (exact) mass is 363 g/mol. The molecule has 1 amide bonds. The molecular weight excluding hydrogens is 347 g/mol. The second-order valence-corrected chi connectivity index (χ2v) is 5.85. The number of amides is 1. The van der Waals surface area contributed by atoms with Crippen LogP contribution in [0.5, 0.6) is 0 Å². The number of nitrogens with one attached hydrogen (secondary N) is 1. The smallest absolute Gasteiger partial charge is 0.385 e. The largest absolute Gasteiger partial charge is 0.416 e. The molecule has 0 saturated heterocycles. The molecular formula is C18H16F3N3O2. The highest BCUT2D eigenvalue weighted by Crippen LogP contribution is 2.30. The van der Waals surface area contributed by atoms with Gasteiger partial charge in [-0.1, -0.05) is 18.2 Å². The van der Waals surface area contributed by atoms with Crippen LogP contribution >= 0.6 is 0 Å². The molecule has 0 aliphatic heterocycles. The Balaban J connectivity index is 1.85. The minimum Gasteiger partial charge on any atom is -0.385 e. The zero-order chi connectivity index (χ0) is 18.9. The average molecular weight is 363 g/mol. The zero-order valence-corrected chi connectivity index (χ0v) is 13.8. The van der Waals surface area contributed by atoms with Crippen molar-refractivity contribution in [3.05, 3.63) is 59.9 Å². The SMILES string of the molecule is CC(O)c1nc2ccccc2n1CC(=O)Nc1cccc(C(F)(F)F)c1. The predicted molar refractivity (Wildman–Crippen MR) is 90.4 cm³/mol. The first-order valence-corrected chi connectivity index (χ1v) is 7.86. The first-order chi connectivity index (χ1) is 12.3. The van der Waals surface area contributed by atoms with Crippen LogP contribution in [0.3, 0.4) is 0 Å². The maximum atomic E-state index is 12.8. The van der Waals surface area contributed by atoms with Crippen LogP contribution in [-0.4, -0.2) is 20.6 Å². The number of carbonyl (C=O) groups excluding carboxylic acids is 1. The molecule has 1 heterocycles. The molecule has 0 aliphatic carbocycles. The number of fused-ring (bicyclic) bond motifs is 1. The molecule has 2 aromatic carbocycles. The lowest BCUT2D eigenvalue weighted by molar-refractivity contribution is -0.137. The molecule has 1 atom stereocenters. The fourth-order valence-electron chi connectivity index (χ4n) is 2.70. The van der Waals surface area contributed by atoms with Crippen molar-refractivity contribution >= 4 is 22.6 Å². The predicted octanol–water partition coefficient (Wildman–Crippen LogP) is 3.75. The Kier molecular flexibility index (Phi) is 4.69. The molecule has 136 valence electrons. The molecule has 2 N–H and O–H groups in total. The van der Waals surface area contributed by atoms with Crippen LogP contribution in [0.25, 0.3) is 11.0 Å². The number of hydrogen-bond acceptors (Lipinski definition) is 3. The summed E-state index contributed by atoms with van der Waals surface area (Å²) in [6, 6.07) is 11.5. The highest BCUT2D eigenvalue weighted by atomic mass is 19.4. The number of nitrogens with zero attached hydrogens (tertiary/aromatic N) is 2. The van der Waals surface area contributed by atoms with Crippen LogP contribution in [-0.2, 0) is 17.5 Å². The third kappa shape index (κ3) is 3.70. The van der Waals surface area contributed by atoms with Crippen molar-refractivity contribution in [2.24, 2.45) is 0 Å². The number of alkyl halides is 3. The van der Waals surface area contributed by atoms with E-state index in [1.54, 1.807) is 28.8 Å². The standard InChI is InChI=1S/C18H16F3N3O2/c1-11(25)17-23-14-7-2-3-8-15(14)24(17)10-16(26)22-13-6-4-5-12(9-13)18(19,20)21/h2-9,11,25H,10H2,1H3,(H,22,26). The number of anilines is 1. The molecule has 0 fully saturated rings. The number of carbonyl (C=O) groups is 1. The highest BCUT2D eigenvalue weighted by Gasteiger charge is 2.30. The van der Waals surface area contributed by atoms with Gasteiger partial charge < -0.3 is 15.0 Å². The van der Waals surface area contributed by atoms with E-state index in [0.29, 0.717) is 16.9 Å². The Morgan fingerprint density at radius 3 is 2.65 bits per heavy atom. The summed E-state index contributed by atoms with van der Waals surface area (Å²) in [5.41, 5.74) is 0.485. The van der Waals surface area contributed by atoms with Gasteiger partial charge in [0.15, 0.2) is 0 Å². The third-order valence-corrected chi connectivity index (χ3v) is 3.83. The second kappa shape index (κ2) is 6.80. The van der Waals surface area contributed by atoms with E-state index < -0.39 is 23.8 Å². The minimum atomic E-state index is -4.49. The quantitative estimate of drug-likeness (QED) is 0.742. The van der Waals surface area contributed by atoms with Gasteiger partial charge in [0.25, 0.3) is 0 Å². The highest BCUT2D eigenvalue weighted by molar-refractivity contribution is 5.91. The molecule has 0 radical (unpaired) electrons. The first kappa shape index (κ1) is 17.9. The van der Waals surface area contributed by atoms with Crippen molar-refractivity contribution < 1.29 is 23.1 Å². The molecule has 0 bridgehead atoms. The Bertz CT molecular complexity index is 948.